The Balaban J connectivity index is 2.58. The molecule has 0 saturated carbocycles. The Morgan fingerprint density at radius 1 is 1.18 bits per heavy atom. The van der Waals surface area contributed by atoms with Crippen molar-refractivity contribution in [2.45, 2.75) is 19.8 Å². The molecular weight excluding hydrogens is 306 g/mol. The summed E-state index contributed by atoms with van der Waals surface area (Å²) in [7, 11) is 1.58. The molecule has 0 aliphatic heterocycles. The molecule has 0 fully saturated rings. The van der Waals surface area contributed by atoms with E-state index in [0.717, 1.165) is 5.56 Å². The number of methoxy groups -OCH3 is 1. The van der Waals surface area contributed by atoms with Crippen LogP contribution in [0.3, 0.4) is 0 Å². The van der Waals surface area contributed by atoms with E-state index in [4.69, 9.17) is 21.1 Å². The Kier molecular flexibility index (Phi) is 8.55. The summed E-state index contributed by atoms with van der Waals surface area (Å²) in [6, 6.07) is 7.14. The van der Waals surface area contributed by atoms with Crippen molar-refractivity contribution in [1.29, 1.82) is 0 Å². The fourth-order valence-corrected chi connectivity index (χ4v) is 2.04. The van der Waals surface area contributed by atoms with Gasteiger partial charge in [-0.3, -0.25) is 9.59 Å². The van der Waals surface area contributed by atoms with E-state index in [0.29, 0.717) is 31.3 Å². The third-order valence-electron chi connectivity index (χ3n) is 3.08. The first-order valence-corrected chi connectivity index (χ1v) is 7.61. The molecule has 0 aliphatic carbocycles. The third-order valence-corrected chi connectivity index (χ3v) is 3.33. The molecular formula is C16H22ClNO4. The normalized spacial score (nSPS) is 10.3. The highest BCUT2D eigenvalue weighted by molar-refractivity contribution is 6.30. The number of benzene rings is 1. The summed E-state index contributed by atoms with van der Waals surface area (Å²) >= 11 is 5.83. The largest absolute Gasteiger partial charge is 0.466 e. The maximum absolute atomic E-state index is 12.4. The van der Waals surface area contributed by atoms with E-state index < -0.39 is 0 Å². The molecule has 0 saturated heterocycles. The Morgan fingerprint density at radius 3 is 2.45 bits per heavy atom. The molecule has 0 spiro atoms. The Bertz CT molecular complexity index is 476. The summed E-state index contributed by atoms with van der Waals surface area (Å²) in [5.41, 5.74) is 0.882. The third kappa shape index (κ3) is 6.91. The van der Waals surface area contributed by atoms with Gasteiger partial charge in [-0.1, -0.05) is 23.7 Å². The van der Waals surface area contributed by atoms with Crippen molar-refractivity contribution < 1.29 is 19.1 Å². The van der Waals surface area contributed by atoms with Crippen LogP contribution in [-0.2, 0) is 25.5 Å². The molecule has 1 rings (SSSR count). The van der Waals surface area contributed by atoms with Crippen LogP contribution in [0.15, 0.2) is 24.3 Å². The van der Waals surface area contributed by atoms with Gasteiger partial charge in [-0.2, -0.15) is 0 Å². The second-order valence-electron chi connectivity index (χ2n) is 4.73. The van der Waals surface area contributed by atoms with Crippen LogP contribution in [0.5, 0.6) is 0 Å². The van der Waals surface area contributed by atoms with E-state index in [-0.39, 0.29) is 24.7 Å². The summed E-state index contributed by atoms with van der Waals surface area (Å²) in [6.45, 7) is 3.30. The van der Waals surface area contributed by atoms with Crippen molar-refractivity contribution in [3.05, 3.63) is 34.9 Å². The number of rotatable bonds is 9. The van der Waals surface area contributed by atoms with E-state index in [2.05, 4.69) is 0 Å². The molecule has 122 valence electrons. The summed E-state index contributed by atoms with van der Waals surface area (Å²) in [5.74, 6) is -0.354. The molecule has 1 aromatic carbocycles. The molecule has 0 aliphatic rings. The lowest BCUT2D eigenvalue weighted by Crippen LogP contribution is -2.36. The maximum Gasteiger partial charge on any atom is 0.307 e. The van der Waals surface area contributed by atoms with Gasteiger partial charge >= 0.3 is 5.97 Å². The first kappa shape index (κ1) is 18.5. The second kappa shape index (κ2) is 10.2. The quantitative estimate of drug-likeness (QED) is 0.653. The average Bonchev–Trinajstić information content (AvgIpc) is 2.50. The minimum atomic E-state index is -0.302. The predicted octanol–water partition coefficient (Wildman–Crippen LogP) is 2.31. The van der Waals surface area contributed by atoms with Crippen molar-refractivity contribution in [3.8, 4) is 0 Å². The molecule has 1 amide bonds. The number of amides is 1. The van der Waals surface area contributed by atoms with Crippen molar-refractivity contribution >= 4 is 23.5 Å². The van der Waals surface area contributed by atoms with Crippen LogP contribution in [0.1, 0.15) is 18.9 Å². The average molecular weight is 328 g/mol. The molecule has 0 radical (unpaired) electrons. The lowest BCUT2D eigenvalue weighted by atomic mass is 10.1. The molecule has 0 aromatic heterocycles. The SMILES string of the molecule is CCOC(=O)CCN(CCOC)C(=O)Cc1ccc(Cl)cc1. The molecule has 0 N–H and O–H groups in total. The number of esters is 1. The topological polar surface area (TPSA) is 55.8 Å². The van der Waals surface area contributed by atoms with E-state index in [1.165, 1.54) is 0 Å². The van der Waals surface area contributed by atoms with E-state index in [1.807, 2.05) is 12.1 Å². The zero-order valence-corrected chi connectivity index (χ0v) is 13.8. The molecule has 0 atom stereocenters. The van der Waals surface area contributed by atoms with Gasteiger partial charge in [-0.05, 0) is 24.6 Å². The minimum Gasteiger partial charge on any atom is -0.466 e. The molecule has 1 aromatic rings. The smallest absolute Gasteiger partial charge is 0.307 e. The number of carbonyl (C=O) groups excluding carboxylic acids is 2. The first-order chi connectivity index (χ1) is 10.6. The minimum absolute atomic E-state index is 0.0522. The number of carbonyl (C=O) groups is 2. The highest BCUT2D eigenvalue weighted by atomic mass is 35.5. The van der Waals surface area contributed by atoms with E-state index in [9.17, 15) is 9.59 Å². The van der Waals surface area contributed by atoms with Gasteiger partial charge in [0.1, 0.15) is 0 Å². The number of ether oxygens (including phenoxy) is 2. The summed E-state index contributed by atoms with van der Waals surface area (Å²) in [4.78, 5) is 25.4. The van der Waals surface area contributed by atoms with Crippen LogP contribution in [0.4, 0.5) is 0 Å². The van der Waals surface area contributed by atoms with Crippen LogP contribution in [-0.4, -0.2) is 50.2 Å². The highest BCUT2D eigenvalue weighted by Crippen LogP contribution is 2.11. The Morgan fingerprint density at radius 2 is 1.86 bits per heavy atom. The predicted molar refractivity (Wildman–Crippen MR) is 84.9 cm³/mol. The van der Waals surface area contributed by atoms with Crippen LogP contribution in [0, 0.1) is 0 Å². The van der Waals surface area contributed by atoms with Gasteiger partial charge in [0.05, 0.1) is 26.1 Å². The van der Waals surface area contributed by atoms with Crippen LogP contribution >= 0.6 is 11.6 Å². The fourth-order valence-electron chi connectivity index (χ4n) is 1.91. The Labute approximate surface area is 136 Å². The van der Waals surface area contributed by atoms with Crippen molar-refractivity contribution in [2.75, 3.05) is 33.4 Å². The van der Waals surface area contributed by atoms with Crippen LogP contribution in [0.25, 0.3) is 0 Å². The van der Waals surface area contributed by atoms with Crippen LogP contribution in [0.2, 0.25) is 5.02 Å². The number of hydrogen-bond acceptors (Lipinski definition) is 4. The summed E-state index contributed by atoms with van der Waals surface area (Å²) in [5, 5.41) is 0.634. The van der Waals surface area contributed by atoms with Crippen molar-refractivity contribution in [3.63, 3.8) is 0 Å². The van der Waals surface area contributed by atoms with Gasteiger partial charge in [-0.15, -0.1) is 0 Å². The lowest BCUT2D eigenvalue weighted by Gasteiger charge is -2.22. The molecule has 22 heavy (non-hydrogen) atoms. The summed E-state index contributed by atoms with van der Waals surface area (Å²) in [6.07, 6.45) is 0.452. The molecule has 0 heterocycles. The van der Waals surface area contributed by atoms with Gasteiger partial charge in [0.25, 0.3) is 0 Å². The molecule has 0 bridgehead atoms. The van der Waals surface area contributed by atoms with Gasteiger partial charge in [0, 0.05) is 25.2 Å². The lowest BCUT2D eigenvalue weighted by molar-refractivity contribution is -0.144. The monoisotopic (exact) mass is 327 g/mol. The number of nitrogens with zero attached hydrogens (tertiary/aromatic N) is 1. The molecule has 0 unspecified atom stereocenters. The van der Waals surface area contributed by atoms with Gasteiger partial charge < -0.3 is 14.4 Å². The van der Waals surface area contributed by atoms with Gasteiger partial charge in [0.15, 0.2) is 0 Å². The van der Waals surface area contributed by atoms with E-state index in [1.54, 1.807) is 31.1 Å². The number of halogens is 1. The summed E-state index contributed by atoms with van der Waals surface area (Å²) < 4.78 is 9.90. The Hall–Kier alpha value is -1.59. The maximum atomic E-state index is 12.4. The number of hydrogen-bond donors (Lipinski definition) is 0. The van der Waals surface area contributed by atoms with Crippen LogP contribution < -0.4 is 0 Å². The van der Waals surface area contributed by atoms with Crippen molar-refractivity contribution in [2.24, 2.45) is 0 Å². The second-order valence-corrected chi connectivity index (χ2v) is 5.17. The van der Waals surface area contributed by atoms with Gasteiger partial charge in [-0.25, -0.2) is 0 Å². The van der Waals surface area contributed by atoms with Gasteiger partial charge in [0.2, 0.25) is 5.91 Å². The highest BCUT2D eigenvalue weighted by Gasteiger charge is 2.15. The molecule has 5 nitrogen and oxygen atoms in total. The zero-order valence-electron chi connectivity index (χ0n) is 13.0. The molecule has 6 heteroatoms. The first-order valence-electron chi connectivity index (χ1n) is 7.23. The van der Waals surface area contributed by atoms with E-state index >= 15 is 0 Å². The zero-order chi connectivity index (χ0) is 16.4. The van der Waals surface area contributed by atoms with Crippen molar-refractivity contribution in [1.82, 2.24) is 4.90 Å². The fraction of sp³-hybridized carbons (Fsp3) is 0.500. The standard InChI is InChI=1S/C16H22ClNO4/c1-3-22-16(20)8-9-18(10-11-21-2)15(19)12-13-4-6-14(17)7-5-13/h4-7H,3,8-12H2,1-2H3.